The number of nitrogens with one attached hydrogen (secondary N) is 1. The number of sulfonamides is 1. The van der Waals surface area contributed by atoms with Gasteiger partial charge in [0.05, 0.1) is 18.9 Å². The molecule has 3 rings (SSSR count). The van der Waals surface area contributed by atoms with Crippen LogP contribution in [-0.4, -0.2) is 38.8 Å². The van der Waals surface area contributed by atoms with Crippen molar-refractivity contribution in [2.24, 2.45) is 5.92 Å². The summed E-state index contributed by atoms with van der Waals surface area (Å²) in [4.78, 5) is 12.6. The standard InChI is InChI=1S/C22H27FN2O4S/c1-16(17-7-9-20(29-2)10-8-17)24-22(26)18-11-13-25(14-12-18)30(27,28)15-19-5-3-4-6-21(19)23/h3-10,16,18H,11-15H2,1-2H3,(H,24,26). The van der Waals surface area contributed by atoms with E-state index in [1.165, 1.54) is 22.5 Å². The normalized spacial score (nSPS) is 16.8. The van der Waals surface area contributed by atoms with Crippen LogP contribution < -0.4 is 10.1 Å². The van der Waals surface area contributed by atoms with Crippen molar-refractivity contribution in [3.63, 3.8) is 0 Å². The van der Waals surface area contributed by atoms with Crippen LogP contribution in [0.25, 0.3) is 0 Å². The molecule has 0 spiro atoms. The monoisotopic (exact) mass is 434 g/mol. The summed E-state index contributed by atoms with van der Waals surface area (Å²) < 4.78 is 45.6. The van der Waals surface area contributed by atoms with Crippen LogP contribution in [0.2, 0.25) is 0 Å². The summed E-state index contributed by atoms with van der Waals surface area (Å²) in [6, 6.07) is 13.2. The maximum Gasteiger partial charge on any atom is 0.223 e. The van der Waals surface area contributed by atoms with E-state index in [0.717, 1.165) is 11.3 Å². The SMILES string of the molecule is COc1ccc(C(C)NC(=O)C2CCN(S(=O)(=O)Cc3ccccc3F)CC2)cc1. The molecule has 2 aromatic carbocycles. The first-order valence-corrected chi connectivity index (χ1v) is 11.6. The third-order valence-electron chi connectivity index (χ3n) is 5.49. The highest BCUT2D eigenvalue weighted by atomic mass is 32.2. The molecule has 6 nitrogen and oxygen atoms in total. The van der Waals surface area contributed by atoms with E-state index < -0.39 is 15.8 Å². The lowest BCUT2D eigenvalue weighted by atomic mass is 9.96. The zero-order chi connectivity index (χ0) is 21.7. The Morgan fingerprint density at radius 2 is 1.80 bits per heavy atom. The molecule has 0 radical (unpaired) electrons. The summed E-state index contributed by atoms with van der Waals surface area (Å²) in [5, 5.41) is 3.01. The zero-order valence-corrected chi connectivity index (χ0v) is 18.0. The summed E-state index contributed by atoms with van der Waals surface area (Å²) in [5.41, 5.74) is 1.12. The zero-order valence-electron chi connectivity index (χ0n) is 17.2. The maximum atomic E-state index is 13.8. The number of hydrogen-bond acceptors (Lipinski definition) is 4. The van der Waals surface area contributed by atoms with E-state index in [0.29, 0.717) is 12.8 Å². The Labute approximate surface area is 177 Å². The summed E-state index contributed by atoms with van der Waals surface area (Å²) in [5.74, 6) is -0.468. The number of amides is 1. The van der Waals surface area contributed by atoms with Gasteiger partial charge in [-0.3, -0.25) is 4.79 Å². The molecular weight excluding hydrogens is 407 g/mol. The number of hydrogen-bond donors (Lipinski definition) is 1. The van der Waals surface area contributed by atoms with Gasteiger partial charge in [-0.1, -0.05) is 30.3 Å². The molecular formula is C22H27FN2O4S. The first kappa shape index (κ1) is 22.2. The molecule has 2 aromatic rings. The van der Waals surface area contributed by atoms with E-state index in [2.05, 4.69) is 5.32 Å². The highest BCUT2D eigenvalue weighted by molar-refractivity contribution is 7.88. The van der Waals surface area contributed by atoms with Crippen molar-refractivity contribution in [3.05, 3.63) is 65.5 Å². The van der Waals surface area contributed by atoms with Crippen LogP contribution in [0.4, 0.5) is 4.39 Å². The molecule has 1 N–H and O–H groups in total. The maximum absolute atomic E-state index is 13.8. The fraction of sp³-hybridized carbons (Fsp3) is 0.409. The lowest BCUT2D eigenvalue weighted by molar-refractivity contribution is -0.126. The molecule has 0 bridgehead atoms. The van der Waals surface area contributed by atoms with E-state index in [9.17, 15) is 17.6 Å². The number of rotatable bonds is 7. The van der Waals surface area contributed by atoms with Crippen molar-refractivity contribution in [2.75, 3.05) is 20.2 Å². The first-order valence-electron chi connectivity index (χ1n) is 9.95. The van der Waals surface area contributed by atoms with Gasteiger partial charge in [0.1, 0.15) is 11.6 Å². The molecule has 0 aromatic heterocycles. The number of benzene rings is 2. The molecule has 1 fully saturated rings. The van der Waals surface area contributed by atoms with Crippen LogP contribution in [0.3, 0.4) is 0 Å². The van der Waals surface area contributed by atoms with Gasteiger partial charge >= 0.3 is 0 Å². The number of carbonyl (C=O) groups excluding carboxylic acids is 1. The molecule has 1 amide bonds. The Balaban J connectivity index is 1.54. The molecule has 1 aliphatic heterocycles. The minimum absolute atomic E-state index is 0.0792. The molecule has 162 valence electrons. The second kappa shape index (κ2) is 9.57. The quantitative estimate of drug-likeness (QED) is 0.726. The second-order valence-corrected chi connectivity index (χ2v) is 9.49. The van der Waals surface area contributed by atoms with Crippen LogP contribution in [-0.2, 0) is 20.6 Å². The number of piperidine rings is 1. The predicted molar refractivity (Wildman–Crippen MR) is 113 cm³/mol. The predicted octanol–water partition coefficient (Wildman–Crippen LogP) is 3.25. The van der Waals surface area contributed by atoms with Gasteiger partial charge in [-0.25, -0.2) is 17.1 Å². The second-order valence-electron chi connectivity index (χ2n) is 7.52. The van der Waals surface area contributed by atoms with E-state index in [4.69, 9.17) is 4.74 Å². The Morgan fingerprint density at radius 3 is 2.40 bits per heavy atom. The van der Waals surface area contributed by atoms with Crippen molar-refractivity contribution < 1.29 is 22.3 Å². The molecule has 1 heterocycles. The van der Waals surface area contributed by atoms with E-state index in [1.807, 2.05) is 31.2 Å². The Bertz CT molecular complexity index is 971. The van der Waals surface area contributed by atoms with Gasteiger partial charge in [0.25, 0.3) is 0 Å². The van der Waals surface area contributed by atoms with Crippen molar-refractivity contribution in [1.82, 2.24) is 9.62 Å². The molecule has 1 saturated heterocycles. The molecule has 1 unspecified atom stereocenters. The van der Waals surface area contributed by atoms with Crippen LogP contribution in [0.1, 0.15) is 36.9 Å². The van der Waals surface area contributed by atoms with E-state index in [-0.39, 0.29) is 42.3 Å². The fourth-order valence-corrected chi connectivity index (χ4v) is 5.18. The molecule has 8 heteroatoms. The van der Waals surface area contributed by atoms with Gasteiger partial charge in [-0.2, -0.15) is 0 Å². The van der Waals surface area contributed by atoms with E-state index in [1.54, 1.807) is 13.2 Å². The fourth-order valence-electron chi connectivity index (χ4n) is 3.61. The number of halogens is 1. The largest absolute Gasteiger partial charge is 0.497 e. The smallest absolute Gasteiger partial charge is 0.223 e. The third kappa shape index (κ3) is 5.37. The van der Waals surface area contributed by atoms with Gasteiger partial charge in [0, 0.05) is 24.6 Å². The van der Waals surface area contributed by atoms with Crippen LogP contribution in [0.15, 0.2) is 48.5 Å². The summed E-state index contributed by atoms with van der Waals surface area (Å²) in [6.45, 7) is 2.42. The Hall–Kier alpha value is -2.45. The summed E-state index contributed by atoms with van der Waals surface area (Å²) >= 11 is 0. The minimum atomic E-state index is -3.63. The average molecular weight is 435 g/mol. The van der Waals surface area contributed by atoms with Crippen molar-refractivity contribution in [2.45, 2.75) is 31.6 Å². The lowest BCUT2D eigenvalue weighted by Crippen LogP contribution is -2.43. The molecule has 0 saturated carbocycles. The van der Waals surface area contributed by atoms with Gasteiger partial charge in [0.15, 0.2) is 0 Å². The number of methoxy groups -OCH3 is 1. The van der Waals surface area contributed by atoms with Gasteiger partial charge in [-0.05, 0) is 43.5 Å². The van der Waals surface area contributed by atoms with Gasteiger partial charge in [0.2, 0.25) is 15.9 Å². The third-order valence-corrected chi connectivity index (χ3v) is 7.32. The lowest BCUT2D eigenvalue weighted by Gasteiger charge is -2.31. The average Bonchev–Trinajstić information content (AvgIpc) is 2.75. The van der Waals surface area contributed by atoms with Crippen molar-refractivity contribution in [1.29, 1.82) is 0 Å². The number of carbonyl (C=O) groups is 1. The topological polar surface area (TPSA) is 75.7 Å². The summed E-state index contributed by atoms with van der Waals surface area (Å²) in [7, 11) is -2.03. The number of ether oxygens (including phenoxy) is 1. The minimum Gasteiger partial charge on any atom is -0.497 e. The Kier molecular flexibility index (Phi) is 7.10. The Morgan fingerprint density at radius 1 is 1.17 bits per heavy atom. The molecule has 1 atom stereocenters. The van der Waals surface area contributed by atoms with Crippen LogP contribution >= 0.6 is 0 Å². The summed E-state index contributed by atoms with van der Waals surface area (Å²) in [6.07, 6.45) is 0.884. The first-order chi connectivity index (χ1) is 14.3. The van der Waals surface area contributed by atoms with E-state index >= 15 is 0 Å². The molecule has 0 aliphatic carbocycles. The van der Waals surface area contributed by atoms with Gasteiger partial charge in [-0.15, -0.1) is 0 Å². The number of nitrogens with zero attached hydrogens (tertiary/aromatic N) is 1. The van der Waals surface area contributed by atoms with Crippen molar-refractivity contribution >= 4 is 15.9 Å². The van der Waals surface area contributed by atoms with Crippen LogP contribution in [0.5, 0.6) is 5.75 Å². The molecule has 1 aliphatic rings. The highest BCUT2D eigenvalue weighted by Gasteiger charge is 2.32. The van der Waals surface area contributed by atoms with Crippen LogP contribution in [0, 0.1) is 11.7 Å². The molecule has 30 heavy (non-hydrogen) atoms. The van der Waals surface area contributed by atoms with Gasteiger partial charge < -0.3 is 10.1 Å². The highest BCUT2D eigenvalue weighted by Crippen LogP contribution is 2.24. The van der Waals surface area contributed by atoms with Crippen molar-refractivity contribution in [3.8, 4) is 5.75 Å².